The normalized spacial score (nSPS) is 12.8. The SMILES string of the molecule is CC(C)(COC(=O)[C@@H](N)CO)[C@@H](O)C(=O)NCCC(=O)NCCSC(=O)CC(=O)NCCc1cnc[nH]1. The number of aromatic amines is 1. The Kier molecular flexibility index (Phi) is 14.4. The Balaban J connectivity index is 2.16. The van der Waals surface area contributed by atoms with Gasteiger partial charge in [0.15, 0.2) is 5.12 Å². The van der Waals surface area contributed by atoms with Gasteiger partial charge in [-0.2, -0.15) is 0 Å². The van der Waals surface area contributed by atoms with Crippen LogP contribution in [-0.2, 0) is 35.1 Å². The smallest absolute Gasteiger partial charge is 0.325 e. The molecule has 1 heterocycles. The molecule has 0 saturated heterocycles. The zero-order chi connectivity index (χ0) is 27.8. The summed E-state index contributed by atoms with van der Waals surface area (Å²) < 4.78 is 4.92. The van der Waals surface area contributed by atoms with Crippen molar-refractivity contribution in [2.24, 2.45) is 11.1 Å². The quantitative estimate of drug-likeness (QED) is 0.0621. The van der Waals surface area contributed by atoms with Crippen molar-refractivity contribution in [3.8, 4) is 0 Å². The number of rotatable bonds is 17. The van der Waals surface area contributed by atoms with Crippen LogP contribution in [0.2, 0.25) is 0 Å². The van der Waals surface area contributed by atoms with E-state index in [2.05, 4.69) is 25.9 Å². The van der Waals surface area contributed by atoms with Gasteiger partial charge in [0, 0.05) is 55.5 Å². The van der Waals surface area contributed by atoms with Gasteiger partial charge in [0.1, 0.15) is 12.1 Å². The van der Waals surface area contributed by atoms with Crippen LogP contribution in [0.15, 0.2) is 12.5 Å². The molecule has 0 fully saturated rings. The van der Waals surface area contributed by atoms with Crippen LogP contribution in [0.3, 0.4) is 0 Å². The number of carbonyl (C=O) groups excluding carboxylic acids is 5. The maximum Gasteiger partial charge on any atom is 0.325 e. The van der Waals surface area contributed by atoms with Crippen molar-refractivity contribution in [3.63, 3.8) is 0 Å². The molecule has 1 rings (SSSR count). The van der Waals surface area contributed by atoms with Gasteiger partial charge in [0.25, 0.3) is 0 Å². The number of hydrogen-bond donors (Lipinski definition) is 7. The number of carbonyl (C=O) groups is 5. The standard InChI is InChI=1S/C22H36N6O8S/c1-22(2,12-36-21(35)15(23)11-29)19(33)20(34)27-6-4-16(30)26-7-8-37-18(32)9-17(31)25-5-3-14-10-24-13-28-14/h10,13,15,19,29,33H,3-9,11-12,23H2,1-2H3,(H,24,28)(H,25,31)(H,26,30)(H,27,34)/t15-,19-/m0/s1. The Morgan fingerprint density at radius 3 is 2.49 bits per heavy atom. The fourth-order valence-corrected chi connectivity index (χ4v) is 3.38. The number of aromatic nitrogens is 2. The van der Waals surface area contributed by atoms with Gasteiger partial charge in [-0.1, -0.05) is 25.6 Å². The summed E-state index contributed by atoms with van der Waals surface area (Å²) in [7, 11) is 0. The first-order chi connectivity index (χ1) is 17.5. The minimum Gasteiger partial charge on any atom is -0.464 e. The molecule has 14 nitrogen and oxygen atoms in total. The lowest BCUT2D eigenvalue weighted by atomic mass is 9.87. The second kappa shape index (κ2) is 16.7. The number of imidazole rings is 1. The van der Waals surface area contributed by atoms with Gasteiger partial charge >= 0.3 is 5.97 Å². The molecule has 0 spiro atoms. The minimum atomic E-state index is -1.53. The van der Waals surface area contributed by atoms with Crippen LogP contribution in [0.25, 0.3) is 0 Å². The van der Waals surface area contributed by atoms with E-state index in [0.717, 1.165) is 17.5 Å². The van der Waals surface area contributed by atoms with Crippen LogP contribution >= 0.6 is 11.8 Å². The lowest BCUT2D eigenvalue weighted by Crippen LogP contribution is -2.47. The van der Waals surface area contributed by atoms with Crippen molar-refractivity contribution in [3.05, 3.63) is 18.2 Å². The molecule has 0 aliphatic rings. The molecule has 0 aromatic carbocycles. The molecular formula is C22H36N6O8S. The molecule has 0 aliphatic carbocycles. The van der Waals surface area contributed by atoms with E-state index in [1.165, 1.54) is 13.8 Å². The average molecular weight is 545 g/mol. The second-order valence-corrected chi connectivity index (χ2v) is 9.91. The number of amides is 3. The Hall–Kier alpha value is -3.01. The number of aliphatic hydroxyl groups is 2. The number of esters is 1. The number of thioether (sulfide) groups is 1. The Labute approximate surface area is 218 Å². The third-order valence-corrected chi connectivity index (χ3v) is 5.86. The van der Waals surface area contributed by atoms with Crippen LogP contribution in [0.4, 0.5) is 0 Å². The van der Waals surface area contributed by atoms with E-state index in [4.69, 9.17) is 15.6 Å². The maximum atomic E-state index is 12.2. The van der Waals surface area contributed by atoms with Gasteiger partial charge < -0.3 is 41.6 Å². The van der Waals surface area contributed by atoms with Gasteiger partial charge in [0.2, 0.25) is 17.7 Å². The Bertz CT molecular complexity index is 896. The number of nitrogens with two attached hydrogens (primary N) is 1. The second-order valence-electron chi connectivity index (χ2n) is 8.75. The lowest BCUT2D eigenvalue weighted by Gasteiger charge is -2.29. The first kappa shape index (κ1) is 32.0. The number of nitrogens with one attached hydrogen (secondary N) is 4. The molecule has 0 saturated carbocycles. The summed E-state index contributed by atoms with van der Waals surface area (Å²) in [6, 6.07) is -1.21. The van der Waals surface area contributed by atoms with Crippen molar-refractivity contribution < 1.29 is 38.9 Å². The topological polar surface area (TPSA) is 226 Å². The van der Waals surface area contributed by atoms with Gasteiger partial charge in [-0.05, 0) is 0 Å². The van der Waals surface area contributed by atoms with Crippen molar-refractivity contribution >= 4 is 40.6 Å². The third kappa shape index (κ3) is 13.2. The van der Waals surface area contributed by atoms with Crippen molar-refractivity contribution in [2.75, 3.05) is 38.6 Å². The van der Waals surface area contributed by atoms with Crippen LogP contribution in [0.5, 0.6) is 0 Å². The average Bonchev–Trinajstić information content (AvgIpc) is 3.37. The molecule has 1 aromatic heterocycles. The Morgan fingerprint density at radius 1 is 1.14 bits per heavy atom. The molecule has 3 amide bonds. The molecule has 15 heteroatoms. The molecule has 0 radical (unpaired) electrons. The highest BCUT2D eigenvalue weighted by molar-refractivity contribution is 8.13. The van der Waals surface area contributed by atoms with Gasteiger partial charge in [-0.3, -0.25) is 24.0 Å². The number of ether oxygens (including phenoxy) is 1. The summed E-state index contributed by atoms with van der Waals surface area (Å²) in [5.41, 5.74) is 5.08. The molecule has 208 valence electrons. The number of aliphatic hydroxyl groups excluding tert-OH is 2. The molecule has 2 atom stereocenters. The molecule has 8 N–H and O–H groups in total. The fourth-order valence-electron chi connectivity index (χ4n) is 2.71. The zero-order valence-corrected chi connectivity index (χ0v) is 21.8. The highest BCUT2D eigenvalue weighted by atomic mass is 32.2. The summed E-state index contributed by atoms with van der Waals surface area (Å²) in [6.07, 6.45) is 1.92. The molecule has 0 unspecified atom stereocenters. The highest BCUT2D eigenvalue weighted by Crippen LogP contribution is 2.21. The first-order valence-corrected chi connectivity index (χ1v) is 12.6. The summed E-state index contributed by atoms with van der Waals surface area (Å²) >= 11 is 0.932. The highest BCUT2D eigenvalue weighted by Gasteiger charge is 2.35. The predicted molar refractivity (Wildman–Crippen MR) is 134 cm³/mol. The number of nitrogens with zero attached hydrogens (tertiary/aromatic N) is 1. The molecule has 1 aromatic rings. The van der Waals surface area contributed by atoms with Crippen molar-refractivity contribution in [2.45, 2.75) is 45.3 Å². The van der Waals surface area contributed by atoms with E-state index in [0.29, 0.717) is 13.0 Å². The third-order valence-electron chi connectivity index (χ3n) is 4.99. The fraction of sp³-hybridized carbons (Fsp3) is 0.636. The maximum absolute atomic E-state index is 12.2. The van der Waals surface area contributed by atoms with Crippen molar-refractivity contribution in [1.29, 1.82) is 0 Å². The number of H-pyrrole nitrogens is 1. The van der Waals surface area contributed by atoms with Gasteiger partial charge in [-0.25, -0.2) is 4.98 Å². The van der Waals surface area contributed by atoms with Gasteiger partial charge in [0.05, 0.1) is 26.0 Å². The van der Waals surface area contributed by atoms with E-state index < -0.39 is 36.0 Å². The van der Waals surface area contributed by atoms with E-state index in [1.54, 1.807) is 12.5 Å². The summed E-state index contributed by atoms with van der Waals surface area (Å²) in [5, 5.41) is 26.5. The lowest BCUT2D eigenvalue weighted by molar-refractivity contribution is -0.155. The minimum absolute atomic E-state index is 0.0439. The van der Waals surface area contributed by atoms with E-state index in [1.807, 2.05) is 0 Å². The van der Waals surface area contributed by atoms with E-state index in [-0.39, 0.29) is 55.2 Å². The predicted octanol–water partition coefficient (Wildman–Crippen LogP) is -2.41. The van der Waals surface area contributed by atoms with Crippen LogP contribution in [0.1, 0.15) is 32.4 Å². The van der Waals surface area contributed by atoms with E-state index >= 15 is 0 Å². The molecular weight excluding hydrogens is 508 g/mol. The molecule has 0 aliphatic heterocycles. The Morgan fingerprint density at radius 2 is 1.84 bits per heavy atom. The van der Waals surface area contributed by atoms with E-state index in [9.17, 15) is 29.1 Å². The molecule has 37 heavy (non-hydrogen) atoms. The summed E-state index contributed by atoms with van der Waals surface area (Å²) in [4.78, 5) is 66.1. The molecule has 0 bridgehead atoms. The summed E-state index contributed by atoms with van der Waals surface area (Å²) in [5.74, 6) is -2.07. The van der Waals surface area contributed by atoms with Crippen LogP contribution < -0.4 is 21.7 Å². The van der Waals surface area contributed by atoms with Gasteiger partial charge in [-0.15, -0.1) is 0 Å². The number of hydrogen-bond acceptors (Lipinski definition) is 11. The van der Waals surface area contributed by atoms with Crippen LogP contribution in [0, 0.1) is 5.41 Å². The first-order valence-electron chi connectivity index (χ1n) is 11.6. The summed E-state index contributed by atoms with van der Waals surface area (Å²) in [6.45, 7) is 2.64. The zero-order valence-electron chi connectivity index (χ0n) is 21.0. The monoisotopic (exact) mass is 544 g/mol. The van der Waals surface area contributed by atoms with Crippen LogP contribution in [-0.4, -0.2) is 99.7 Å². The van der Waals surface area contributed by atoms with Crippen molar-refractivity contribution in [1.82, 2.24) is 25.9 Å². The largest absolute Gasteiger partial charge is 0.464 e.